The van der Waals surface area contributed by atoms with Crippen molar-refractivity contribution in [2.24, 2.45) is 10.1 Å². The van der Waals surface area contributed by atoms with Crippen molar-refractivity contribution in [2.75, 3.05) is 11.9 Å². The number of hydrogen-bond acceptors (Lipinski definition) is 6. The Morgan fingerprint density at radius 3 is 2.85 bits per heavy atom. The first-order valence-corrected chi connectivity index (χ1v) is 11.5. The van der Waals surface area contributed by atoms with Crippen LogP contribution in [-0.2, 0) is 4.79 Å². The van der Waals surface area contributed by atoms with Gasteiger partial charge in [0.15, 0.2) is 6.61 Å². The number of anilines is 1. The molecule has 5 rings (SSSR count). The number of rotatable bonds is 5. The minimum atomic E-state index is -0.298. The van der Waals surface area contributed by atoms with Gasteiger partial charge in [0, 0.05) is 17.1 Å². The van der Waals surface area contributed by atoms with E-state index in [4.69, 9.17) is 14.8 Å². The first-order valence-electron chi connectivity index (χ1n) is 10.7. The minimum Gasteiger partial charge on any atom is -0.482 e. The van der Waals surface area contributed by atoms with E-state index in [1.165, 1.54) is 23.5 Å². The molecular formula is C25H20FN5O2S. The summed E-state index contributed by atoms with van der Waals surface area (Å²) in [7, 11) is 0. The number of fused-ring (bicyclic) bond motifs is 1. The zero-order valence-corrected chi connectivity index (χ0v) is 19.1. The van der Waals surface area contributed by atoms with Crippen LogP contribution in [0.2, 0.25) is 0 Å². The van der Waals surface area contributed by atoms with Crippen LogP contribution in [-0.4, -0.2) is 27.9 Å². The van der Waals surface area contributed by atoms with Crippen molar-refractivity contribution < 1.29 is 13.9 Å². The Hall–Kier alpha value is -4.11. The fourth-order valence-corrected chi connectivity index (χ4v) is 4.39. The van der Waals surface area contributed by atoms with Crippen LogP contribution >= 0.6 is 11.3 Å². The predicted octanol–water partition coefficient (Wildman–Crippen LogP) is 4.98. The van der Waals surface area contributed by atoms with Gasteiger partial charge < -0.3 is 10.1 Å². The van der Waals surface area contributed by atoms with Gasteiger partial charge in [0.05, 0.1) is 29.0 Å². The van der Waals surface area contributed by atoms with E-state index in [9.17, 15) is 9.18 Å². The maximum Gasteiger partial charge on any atom is 0.262 e. The van der Waals surface area contributed by atoms with Crippen molar-refractivity contribution in [3.63, 3.8) is 0 Å². The lowest BCUT2D eigenvalue weighted by Gasteiger charge is -2.18. The van der Waals surface area contributed by atoms with Crippen LogP contribution in [0.15, 0.2) is 82.5 Å². The van der Waals surface area contributed by atoms with Gasteiger partial charge in [-0.05, 0) is 54.4 Å². The Kier molecular flexibility index (Phi) is 6.01. The van der Waals surface area contributed by atoms with Crippen molar-refractivity contribution >= 4 is 34.3 Å². The molecule has 1 amide bonds. The number of halogens is 1. The van der Waals surface area contributed by atoms with Gasteiger partial charge in [0.25, 0.3) is 5.91 Å². The van der Waals surface area contributed by atoms with E-state index in [2.05, 4.69) is 10.3 Å². The largest absolute Gasteiger partial charge is 0.482 e. The third-order valence-corrected chi connectivity index (χ3v) is 6.01. The normalized spacial score (nSPS) is 13.9. The van der Waals surface area contributed by atoms with Crippen molar-refractivity contribution in [1.82, 2.24) is 9.66 Å². The molecule has 0 aliphatic carbocycles. The quantitative estimate of drug-likeness (QED) is 0.415. The number of nitrogens with one attached hydrogen (secondary N) is 1. The third kappa shape index (κ3) is 4.51. The number of carbonyl (C=O) groups excluding carboxylic acids is 1. The van der Waals surface area contributed by atoms with Gasteiger partial charge in [0.2, 0.25) is 4.80 Å². The van der Waals surface area contributed by atoms with Gasteiger partial charge in [-0.1, -0.05) is 19.1 Å². The summed E-state index contributed by atoms with van der Waals surface area (Å²) < 4.78 is 20.7. The number of thiazole rings is 1. The first kappa shape index (κ1) is 21.7. The summed E-state index contributed by atoms with van der Waals surface area (Å²) in [6.07, 6.45) is 4.01. The van der Waals surface area contributed by atoms with Crippen LogP contribution in [0.3, 0.4) is 0 Å². The molecule has 0 saturated carbocycles. The topological polar surface area (TPSA) is 80.9 Å². The second-order valence-electron chi connectivity index (χ2n) is 7.49. The van der Waals surface area contributed by atoms with Gasteiger partial charge >= 0.3 is 0 Å². The molecule has 2 aromatic carbocycles. The Labute approximate surface area is 198 Å². The van der Waals surface area contributed by atoms with Gasteiger partial charge in [-0.15, -0.1) is 11.3 Å². The zero-order chi connectivity index (χ0) is 23.5. The molecule has 9 heteroatoms. The van der Waals surface area contributed by atoms with Gasteiger partial charge in [-0.3, -0.25) is 9.78 Å². The summed E-state index contributed by atoms with van der Waals surface area (Å²) >= 11 is 1.44. The third-order valence-electron chi connectivity index (χ3n) is 5.20. The summed E-state index contributed by atoms with van der Waals surface area (Å²) in [5.74, 6) is 0.126. The highest BCUT2D eigenvalue weighted by Crippen LogP contribution is 2.33. The molecule has 0 saturated heterocycles. The number of benzene rings is 2. The van der Waals surface area contributed by atoms with E-state index in [1.807, 2.05) is 42.6 Å². The Balaban J connectivity index is 1.68. The maximum absolute atomic E-state index is 13.5. The molecule has 3 heterocycles. The number of pyridine rings is 1. The molecule has 0 unspecified atom stereocenters. The second-order valence-corrected chi connectivity index (χ2v) is 8.33. The Morgan fingerprint density at radius 1 is 1.24 bits per heavy atom. The van der Waals surface area contributed by atoms with Crippen LogP contribution in [0.25, 0.3) is 11.3 Å². The van der Waals surface area contributed by atoms with Crippen LogP contribution in [0.4, 0.5) is 15.8 Å². The molecule has 7 nitrogen and oxygen atoms in total. The minimum absolute atomic E-state index is 0.000754. The number of carbonyl (C=O) groups is 1. The number of ether oxygens (including phenoxy) is 1. The van der Waals surface area contributed by atoms with Gasteiger partial charge in [-0.2, -0.15) is 5.10 Å². The molecular weight excluding hydrogens is 453 g/mol. The number of aromatic nitrogens is 2. The fourth-order valence-electron chi connectivity index (χ4n) is 3.54. The lowest BCUT2D eigenvalue weighted by molar-refractivity contribution is -0.118. The van der Waals surface area contributed by atoms with E-state index >= 15 is 0 Å². The van der Waals surface area contributed by atoms with Gasteiger partial charge in [0.1, 0.15) is 11.6 Å². The molecule has 1 aliphatic heterocycles. The molecule has 0 spiro atoms. The monoisotopic (exact) mass is 473 g/mol. The predicted molar refractivity (Wildman–Crippen MR) is 130 cm³/mol. The number of amides is 1. The Morgan fingerprint density at radius 2 is 2.09 bits per heavy atom. The zero-order valence-electron chi connectivity index (χ0n) is 18.2. The second kappa shape index (κ2) is 9.40. The summed E-state index contributed by atoms with van der Waals surface area (Å²) in [5.41, 5.74) is 4.55. The standard InChI is InChI=1S/C25H20FN5O2S/c1-2-20(16-5-8-18(26)9-6-16)30-31-22(15-34-25(31)28-19-4-3-11-27-13-19)17-7-10-23-21(12-17)29-24(32)14-33-23/h3-13,15H,2,14H2,1H3,(H,29,32). The molecule has 0 radical (unpaired) electrons. The lowest BCUT2D eigenvalue weighted by Crippen LogP contribution is -2.25. The molecule has 4 aromatic rings. The molecule has 170 valence electrons. The molecule has 2 aromatic heterocycles. The average Bonchev–Trinajstić information content (AvgIpc) is 3.25. The van der Waals surface area contributed by atoms with Crippen molar-refractivity contribution in [2.45, 2.75) is 13.3 Å². The van der Waals surface area contributed by atoms with Crippen LogP contribution in [0, 0.1) is 5.82 Å². The van der Waals surface area contributed by atoms with Crippen molar-refractivity contribution in [3.8, 4) is 17.0 Å². The van der Waals surface area contributed by atoms with Crippen LogP contribution in [0.1, 0.15) is 18.9 Å². The molecule has 0 fully saturated rings. The van der Waals surface area contributed by atoms with E-state index in [0.29, 0.717) is 28.3 Å². The molecule has 1 N–H and O–H groups in total. The van der Waals surface area contributed by atoms with Crippen LogP contribution < -0.4 is 14.9 Å². The molecule has 0 atom stereocenters. The molecule has 34 heavy (non-hydrogen) atoms. The average molecular weight is 474 g/mol. The summed E-state index contributed by atoms with van der Waals surface area (Å²) in [6, 6.07) is 15.6. The van der Waals surface area contributed by atoms with Crippen LogP contribution in [0.5, 0.6) is 5.75 Å². The highest BCUT2D eigenvalue weighted by molar-refractivity contribution is 7.07. The number of nitrogens with zero attached hydrogens (tertiary/aromatic N) is 4. The maximum atomic E-state index is 13.5. The smallest absolute Gasteiger partial charge is 0.262 e. The van der Waals surface area contributed by atoms with Crippen molar-refractivity contribution in [1.29, 1.82) is 0 Å². The summed E-state index contributed by atoms with van der Waals surface area (Å²) in [5, 5.41) is 9.73. The SMILES string of the molecule is CCC(=Nn1c(-c2ccc3c(c2)NC(=O)CO3)csc1=Nc1cccnc1)c1ccc(F)cc1. The van der Waals surface area contributed by atoms with Gasteiger partial charge in [-0.25, -0.2) is 14.1 Å². The van der Waals surface area contributed by atoms with E-state index < -0.39 is 0 Å². The highest BCUT2D eigenvalue weighted by atomic mass is 32.1. The Bertz CT molecular complexity index is 1440. The highest BCUT2D eigenvalue weighted by Gasteiger charge is 2.18. The first-order chi connectivity index (χ1) is 16.6. The fraction of sp³-hybridized carbons (Fsp3) is 0.120. The van der Waals surface area contributed by atoms with E-state index in [0.717, 1.165) is 22.5 Å². The van der Waals surface area contributed by atoms with Crippen molar-refractivity contribution in [3.05, 3.63) is 88.6 Å². The lowest BCUT2D eigenvalue weighted by atomic mass is 10.1. The molecule has 0 bridgehead atoms. The van der Waals surface area contributed by atoms with E-state index in [1.54, 1.807) is 29.2 Å². The summed E-state index contributed by atoms with van der Waals surface area (Å²) in [6.45, 7) is 2.00. The molecule has 1 aliphatic rings. The summed E-state index contributed by atoms with van der Waals surface area (Å²) in [4.78, 5) is 21.3. The van der Waals surface area contributed by atoms with E-state index in [-0.39, 0.29) is 18.3 Å². The number of hydrogen-bond donors (Lipinski definition) is 1.